The highest BCUT2D eigenvalue weighted by Crippen LogP contribution is 2.35. The lowest BCUT2D eigenvalue weighted by molar-refractivity contribution is -0.140. The van der Waals surface area contributed by atoms with Crippen molar-refractivity contribution >= 4 is 88.5 Å². The van der Waals surface area contributed by atoms with Gasteiger partial charge in [-0.3, -0.25) is 48.1 Å². The molecule has 6 atom stereocenters. The third-order valence-corrected chi connectivity index (χ3v) is 10.9. The fraction of sp³-hybridized carbons (Fsp3) is 0.528. The lowest BCUT2D eigenvalue weighted by atomic mass is 10.1. The highest BCUT2D eigenvalue weighted by molar-refractivity contribution is 8.00. The summed E-state index contributed by atoms with van der Waals surface area (Å²) in [5.74, 6) is -12.4. The molecule has 1 heterocycles. The van der Waals surface area contributed by atoms with Crippen molar-refractivity contribution in [2.24, 2.45) is 21.5 Å². The summed E-state index contributed by atoms with van der Waals surface area (Å²) in [4.78, 5) is 127. The number of aromatic nitrogens is 2. The monoisotopic (exact) mass is 960 g/mol. The molecule has 1 rings (SSSR count). The predicted molar refractivity (Wildman–Crippen MR) is 230 cm³/mol. The number of aromatic hydroxyl groups is 1. The minimum Gasteiger partial charge on any atom is -0.504 e. The molecule has 1 aromatic heterocycles. The number of aliphatic imine (C=N–C) groups is 2. The molecule has 0 spiro atoms. The number of amidine groups is 1. The number of ether oxygens (including phenoxy) is 2. The van der Waals surface area contributed by atoms with Crippen molar-refractivity contribution in [3.05, 3.63) is 24.1 Å². The number of carboxylic acid groups (broad SMARTS) is 4. The zero-order valence-corrected chi connectivity index (χ0v) is 36.9. The summed E-state index contributed by atoms with van der Waals surface area (Å²) in [5, 5.41) is 63.7. The molecule has 0 fully saturated rings. The Bertz CT molecular complexity index is 1970. The number of nitrogens with zero attached hydrogens (tertiary/aromatic N) is 4. The Kier molecular flexibility index (Phi) is 25.1. The largest absolute Gasteiger partial charge is 0.504 e. The number of hydrogen-bond acceptors (Lipinski definition) is 20. The predicted octanol–water partition coefficient (Wildman–Crippen LogP) is -2.68. The first-order chi connectivity index (χ1) is 30.5. The van der Waals surface area contributed by atoms with Crippen molar-refractivity contribution in [2.45, 2.75) is 73.2 Å². The maximum absolute atomic E-state index is 14.1. The van der Waals surface area contributed by atoms with Crippen LogP contribution in [0.3, 0.4) is 0 Å². The number of amides is 4. The molecule has 65 heavy (non-hydrogen) atoms. The van der Waals surface area contributed by atoms with Crippen LogP contribution in [-0.4, -0.2) is 181 Å². The number of aliphatic carboxylic acids is 4. The maximum Gasteiger partial charge on any atom is 0.322 e. The summed E-state index contributed by atoms with van der Waals surface area (Å²) < 4.78 is 10.1. The van der Waals surface area contributed by atoms with E-state index in [1.165, 1.54) is 14.2 Å². The van der Waals surface area contributed by atoms with Gasteiger partial charge in [0.2, 0.25) is 29.5 Å². The van der Waals surface area contributed by atoms with Crippen LogP contribution in [0.2, 0.25) is 0 Å². The number of aliphatic hydroxyl groups is 1. The van der Waals surface area contributed by atoms with E-state index in [2.05, 4.69) is 47.8 Å². The summed E-state index contributed by atoms with van der Waals surface area (Å²) in [6.07, 6.45) is -2.52. The van der Waals surface area contributed by atoms with Crippen LogP contribution in [0.4, 0.5) is 0 Å². The van der Waals surface area contributed by atoms with Gasteiger partial charge in [-0.25, -0.2) is 0 Å². The van der Waals surface area contributed by atoms with Gasteiger partial charge in [0.25, 0.3) is 5.90 Å². The Morgan fingerprint density at radius 1 is 0.785 bits per heavy atom. The van der Waals surface area contributed by atoms with Crippen LogP contribution in [-0.2, 0) is 47.9 Å². The second kappa shape index (κ2) is 29.0. The van der Waals surface area contributed by atoms with Crippen molar-refractivity contribution in [3.63, 3.8) is 0 Å². The molecular formula is C36H52N10O17S2. The minimum atomic E-state index is -1.50. The van der Waals surface area contributed by atoms with Crippen LogP contribution in [0.25, 0.3) is 0 Å². The van der Waals surface area contributed by atoms with Crippen molar-refractivity contribution in [1.29, 1.82) is 0 Å². The molecule has 27 nitrogen and oxygen atoms in total. The van der Waals surface area contributed by atoms with Crippen LogP contribution in [0.15, 0.2) is 28.4 Å². The summed E-state index contributed by atoms with van der Waals surface area (Å²) >= 11 is 1.65. The number of Topliss-reactive ketones (excluding diaryl/α,β-unsaturated/α-hetero) is 1. The molecule has 360 valence electrons. The summed E-state index contributed by atoms with van der Waals surface area (Å²) in [5.41, 5.74) is 11.0. The normalized spacial score (nSPS) is 14.2. The topological polar surface area (TPSA) is 444 Å². The van der Waals surface area contributed by atoms with Gasteiger partial charge in [-0.05, 0) is 12.8 Å². The first-order valence-corrected chi connectivity index (χ1v) is 21.0. The third-order valence-electron chi connectivity index (χ3n) is 8.28. The molecule has 4 amide bonds. The first kappa shape index (κ1) is 56.4. The summed E-state index contributed by atoms with van der Waals surface area (Å²) in [6.45, 7) is 1.66. The Hall–Kier alpha value is -6.59. The van der Waals surface area contributed by atoms with Gasteiger partial charge >= 0.3 is 29.9 Å². The number of thioether (sulfide) groups is 2. The van der Waals surface area contributed by atoms with Crippen molar-refractivity contribution in [2.75, 3.05) is 45.9 Å². The average Bonchev–Trinajstić information content (AvgIpc) is 3.24. The first-order valence-electron chi connectivity index (χ1n) is 18.9. The lowest BCUT2D eigenvalue weighted by Crippen LogP contribution is -2.50. The second-order valence-electron chi connectivity index (χ2n) is 13.3. The van der Waals surface area contributed by atoms with Crippen molar-refractivity contribution in [3.8, 4) is 11.9 Å². The van der Waals surface area contributed by atoms with Crippen LogP contribution in [0.1, 0.15) is 49.5 Å². The molecule has 0 aliphatic rings. The van der Waals surface area contributed by atoms with Crippen LogP contribution in [0.5, 0.6) is 11.9 Å². The molecule has 0 aliphatic carbocycles. The highest BCUT2D eigenvalue weighted by atomic mass is 32.2. The smallest absolute Gasteiger partial charge is 0.322 e. The van der Waals surface area contributed by atoms with E-state index in [1.807, 2.05) is 0 Å². The number of carbonyl (C=O) groups is 9. The number of hydrogen-bond donors (Lipinski definition) is 12. The fourth-order valence-electron chi connectivity index (χ4n) is 4.97. The minimum absolute atomic E-state index is 0.0264. The number of rotatable bonds is 30. The molecule has 29 heteroatoms. The van der Waals surface area contributed by atoms with Crippen LogP contribution < -0.4 is 37.5 Å². The number of carboxylic acids is 4. The molecule has 0 bridgehead atoms. The van der Waals surface area contributed by atoms with Gasteiger partial charge in [0.1, 0.15) is 48.9 Å². The second-order valence-corrected chi connectivity index (χ2v) is 15.8. The number of aliphatic hydroxyl groups excluding tert-OH is 1. The molecule has 14 N–H and O–H groups in total. The van der Waals surface area contributed by atoms with E-state index < -0.39 is 150 Å². The van der Waals surface area contributed by atoms with Gasteiger partial charge in [0.05, 0.1) is 30.4 Å². The van der Waals surface area contributed by atoms with E-state index in [4.69, 9.17) is 41.4 Å². The summed E-state index contributed by atoms with van der Waals surface area (Å²) in [6, 6.07) is -5.06. The van der Waals surface area contributed by atoms with Gasteiger partial charge < -0.3 is 72.8 Å². The molecule has 0 aliphatic heterocycles. The van der Waals surface area contributed by atoms with E-state index >= 15 is 0 Å². The van der Waals surface area contributed by atoms with Crippen LogP contribution in [0, 0.1) is 0 Å². The Morgan fingerprint density at radius 2 is 1.28 bits per heavy atom. The molecular weight excluding hydrogens is 909 g/mol. The quantitative estimate of drug-likeness (QED) is 0.0212. The molecule has 0 aromatic carbocycles. The van der Waals surface area contributed by atoms with Crippen molar-refractivity contribution in [1.82, 2.24) is 31.2 Å². The van der Waals surface area contributed by atoms with E-state index in [1.54, 1.807) is 0 Å². The molecule has 2 unspecified atom stereocenters. The van der Waals surface area contributed by atoms with Gasteiger partial charge in [-0.2, -0.15) is 15.0 Å². The van der Waals surface area contributed by atoms with Gasteiger partial charge in [0, 0.05) is 50.3 Å². The Morgan fingerprint density at radius 3 is 1.69 bits per heavy atom. The molecule has 0 radical (unpaired) electrons. The lowest BCUT2D eigenvalue weighted by Gasteiger charge is -2.23. The highest BCUT2D eigenvalue weighted by Gasteiger charge is 2.31. The molecule has 0 saturated heterocycles. The standard InChI is InChI=1S/C36H52N10O17S2/c1-16(47)33(62-3)46-30(39-2)24(65-15-22(32(57)41-13-29(54)55)43-26(50)8-6-19(38)35(60)61)10-17(48)9-23(20-11-27(51)45-36(44-20)63-4)64-14-21(31(56)40-12-28(52)53)42-25(49)7-5-18(37)34(58)59/h11,18-19,21-24,47H,1,5-10,12-15,37-38H2,2-4H3,(H,40,56)(H,41,57)(H,42,49)(H,43,50)(H,52,53)(H,54,55)(H,58,59)(H,60,61)(H,44,45,51)/b39-30-,46-33+/t18-,19+,21-,22-,23?,24?/m0/s1. The van der Waals surface area contributed by atoms with Gasteiger partial charge in [-0.1, -0.05) is 6.58 Å². The Balaban J connectivity index is 3.67. The zero-order valence-electron chi connectivity index (χ0n) is 35.3. The van der Waals surface area contributed by atoms with E-state index in [0.29, 0.717) is 0 Å². The number of nitrogens with two attached hydrogens (primary N) is 2. The number of carbonyl (C=O) groups excluding carboxylic acids is 5. The van der Waals surface area contributed by atoms with Gasteiger partial charge in [-0.15, -0.1) is 23.5 Å². The number of nitrogens with one attached hydrogen (secondary N) is 4. The summed E-state index contributed by atoms with van der Waals surface area (Å²) in [7, 11) is 3.60. The maximum atomic E-state index is 14.1. The third kappa shape index (κ3) is 22.0. The van der Waals surface area contributed by atoms with E-state index in [9.17, 15) is 53.4 Å². The number of ketones is 1. The fourth-order valence-corrected chi connectivity index (χ4v) is 7.50. The van der Waals surface area contributed by atoms with Crippen molar-refractivity contribution < 1.29 is 83.3 Å². The van der Waals surface area contributed by atoms with E-state index in [0.717, 1.165) is 36.7 Å². The molecule has 0 saturated carbocycles. The zero-order chi connectivity index (χ0) is 49.4. The molecule has 1 aromatic rings. The van der Waals surface area contributed by atoms with Gasteiger partial charge in [0.15, 0.2) is 5.76 Å². The van der Waals surface area contributed by atoms with E-state index in [-0.39, 0.29) is 36.1 Å². The van der Waals surface area contributed by atoms with Crippen LogP contribution >= 0.6 is 23.5 Å². The number of methoxy groups -OCH3 is 2. The Labute approximate surface area is 378 Å². The average molecular weight is 961 g/mol. The SMILES string of the molecule is C=C(O)/C(=N\C(=N/C)C(CC(=O)CC(SC[C@H](NC(=O)CC[C@H](N)C(=O)O)C(=O)NCC(=O)O)c1cc(O)nc(OC)n1)SC[C@H](NC(=O)CC[C@@H](N)C(=O)O)C(=O)NCC(=O)O)OC.